The third-order valence-electron chi connectivity index (χ3n) is 3.99. The molecule has 4 heteroatoms. The van der Waals surface area contributed by atoms with Crippen molar-refractivity contribution in [2.75, 3.05) is 5.33 Å². The molecule has 0 spiro atoms. The van der Waals surface area contributed by atoms with Crippen LogP contribution >= 0.6 is 27.5 Å². The van der Waals surface area contributed by atoms with Gasteiger partial charge in [-0.3, -0.25) is 4.79 Å². The Morgan fingerprint density at radius 2 is 1.32 bits per heavy atom. The summed E-state index contributed by atoms with van der Waals surface area (Å²) in [6.07, 6.45) is 0. The molecule has 0 N–H and O–H groups in total. The van der Waals surface area contributed by atoms with E-state index in [-0.39, 0.29) is 11.3 Å². The molecule has 0 aliphatic rings. The number of alkyl halides is 1. The summed E-state index contributed by atoms with van der Waals surface area (Å²) < 4.78 is 6.06. The van der Waals surface area contributed by atoms with Crippen LogP contribution in [0.1, 0.15) is 16.7 Å². The van der Waals surface area contributed by atoms with E-state index in [0.29, 0.717) is 5.02 Å². The topological polar surface area (TPSA) is 26.3 Å². The summed E-state index contributed by atoms with van der Waals surface area (Å²) in [6, 6.07) is 26.8. The number of benzene rings is 3. The van der Waals surface area contributed by atoms with E-state index in [1.165, 1.54) is 0 Å². The molecule has 2 nitrogen and oxygen atoms in total. The number of carbonyl (C=O) groups is 1. The van der Waals surface area contributed by atoms with E-state index < -0.39 is 5.60 Å². The first-order valence-corrected chi connectivity index (χ1v) is 9.32. The van der Waals surface area contributed by atoms with Crippen LogP contribution in [0.4, 0.5) is 0 Å². The lowest BCUT2D eigenvalue weighted by molar-refractivity contribution is -0.149. The molecular weight excluding hydrogens is 400 g/mol. The molecule has 3 rings (SSSR count). The summed E-state index contributed by atoms with van der Waals surface area (Å²) in [7, 11) is 0. The summed E-state index contributed by atoms with van der Waals surface area (Å²) >= 11 is 9.73. The van der Waals surface area contributed by atoms with Crippen LogP contribution in [0.15, 0.2) is 84.9 Å². The molecular formula is C21H16BrClO2. The average Bonchev–Trinajstić information content (AvgIpc) is 2.68. The Bertz CT molecular complexity index is 811. The third-order valence-corrected chi connectivity index (χ3v) is 4.78. The average molecular weight is 416 g/mol. The Morgan fingerprint density at radius 1 is 0.840 bits per heavy atom. The molecule has 0 aliphatic heterocycles. The van der Waals surface area contributed by atoms with Crippen molar-refractivity contribution < 1.29 is 9.53 Å². The zero-order valence-corrected chi connectivity index (χ0v) is 15.7. The second-order valence-corrected chi connectivity index (χ2v) is 6.47. The van der Waals surface area contributed by atoms with Gasteiger partial charge >= 0.3 is 5.97 Å². The van der Waals surface area contributed by atoms with Crippen molar-refractivity contribution in [3.05, 3.63) is 107 Å². The summed E-state index contributed by atoms with van der Waals surface area (Å²) in [5, 5.41) is 0.636. The number of ether oxygens (including phenoxy) is 1. The van der Waals surface area contributed by atoms with Gasteiger partial charge in [0, 0.05) is 21.7 Å². The van der Waals surface area contributed by atoms with Crippen LogP contribution in [0.5, 0.6) is 0 Å². The zero-order chi connectivity index (χ0) is 17.7. The minimum Gasteiger partial charge on any atom is -0.444 e. The van der Waals surface area contributed by atoms with Gasteiger partial charge in [-0.25, -0.2) is 0 Å². The molecule has 3 aromatic carbocycles. The smallest absolute Gasteiger partial charge is 0.318 e. The normalized spacial score (nSPS) is 11.1. The maximum atomic E-state index is 12.3. The van der Waals surface area contributed by atoms with Crippen LogP contribution in [-0.2, 0) is 15.1 Å². The van der Waals surface area contributed by atoms with Gasteiger partial charge in [0.05, 0.1) is 0 Å². The Morgan fingerprint density at radius 3 is 1.80 bits per heavy atom. The van der Waals surface area contributed by atoms with Crippen molar-refractivity contribution in [2.24, 2.45) is 0 Å². The van der Waals surface area contributed by atoms with Gasteiger partial charge in [-0.15, -0.1) is 0 Å². The number of halogens is 2. The molecule has 3 aromatic rings. The van der Waals surface area contributed by atoms with E-state index in [4.69, 9.17) is 16.3 Å². The Labute approximate surface area is 160 Å². The molecule has 0 saturated heterocycles. The zero-order valence-electron chi connectivity index (χ0n) is 13.4. The highest BCUT2D eigenvalue weighted by molar-refractivity contribution is 9.09. The minimum atomic E-state index is -1.12. The molecule has 0 aromatic heterocycles. The number of hydrogen-bond acceptors (Lipinski definition) is 2. The monoisotopic (exact) mass is 414 g/mol. The van der Waals surface area contributed by atoms with Gasteiger partial charge in [0.15, 0.2) is 5.60 Å². The van der Waals surface area contributed by atoms with Gasteiger partial charge in [0.1, 0.15) is 5.33 Å². The molecule has 0 saturated carbocycles. The van der Waals surface area contributed by atoms with Gasteiger partial charge in [0.25, 0.3) is 0 Å². The molecule has 0 atom stereocenters. The van der Waals surface area contributed by atoms with Gasteiger partial charge in [-0.1, -0.05) is 106 Å². The van der Waals surface area contributed by atoms with Crippen molar-refractivity contribution in [2.45, 2.75) is 5.60 Å². The first-order valence-electron chi connectivity index (χ1n) is 7.82. The molecule has 0 unspecified atom stereocenters. The predicted molar refractivity (Wildman–Crippen MR) is 104 cm³/mol. The second-order valence-electron chi connectivity index (χ2n) is 5.50. The number of hydrogen-bond donors (Lipinski definition) is 0. The summed E-state index contributed by atoms with van der Waals surface area (Å²) in [6.45, 7) is 0. The minimum absolute atomic E-state index is 0.0961. The van der Waals surface area contributed by atoms with E-state index in [9.17, 15) is 4.79 Å². The van der Waals surface area contributed by atoms with E-state index in [1.54, 1.807) is 6.07 Å². The van der Waals surface area contributed by atoms with Gasteiger partial charge < -0.3 is 4.74 Å². The highest BCUT2D eigenvalue weighted by Gasteiger charge is 2.41. The first kappa shape index (κ1) is 17.7. The molecule has 0 radical (unpaired) electrons. The lowest BCUT2D eigenvalue weighted by Gasteiger charge is -2.35. The van der Waals surface area contributed by atoms with Crippen molar-refractivity contribution in [3.63, 3.8) is 0 Å². The summed E-state index contributed by atoms with van der Waals surface area (Å²) in [4.78, 5) is 12.3. The molecule has 0 heterocycles. The second kappa shape index (κ2) is 7.85. The van der Waals surface area contributed by atoms with E-state index >= 15 is 0 Å². The fourth-order valence-corrected chi connectivity index (χ4v) is 3.32. The van der Waals surface area contributed by atoms with Crippen LogP contribution < -0.4 is 0 Å². The number of carbonyl (C=O) groups excluding carboxylic acids is 1. The number of rotatable bonds is 5. The van der Waals surface area contributed by atoms with Gasteiger partial charge in [0.2, 0.25) is 0 Å². The highest BCUT2D eigenvalue weighted by Crippen LogP contribution is 2.43. The lowest BCUT2D eigenvalue weighted by atomic mass is 9.80. The Kier molecular flexibility index (Phi) is 5.57. The lowest BCUT2D eigenvalue weighted by Crippen LogP contribution is -2.36. The quantitative estimate of drug-likeness (QED) is 0.309. The molecule has 25 heavy (non-hydrogen) atoms. The van der Waals surface area contributed by atoms with Crippen molar-refractivity contribution in [3.8, 4) is 0 Å². The van der Waals surface area contributed by atoms with Crippen LogP contribution in [0, 0.1) is 0 Å². The molecule has 126 valence electrons. The van der Waals surface area contributed by atoms with Crippen LogP contribution in [0.25, 0.3) is 0 Å². The van der Waals surface area contributed by atoms with Crippen molar-refractivity contribution in [1.29, 1.82) is 0 Å². The van der Waals surface area contributed by atoms with Gasteiger partial charge in [-0.05, 0) is 6.07 Å². The molecule has 0 fully saturated rings. The summed E-state index contributed by atoms with van der Waals surface area (Å²) in [5.41, 5.74) is 1.28. The fraction of sp³-hybridized carbons (Fsp3) is 0.0952. The molecule has 0 bridgehead atoms. The fourth-order valence-electron chi connectivity index (χ4n) is 2.94. The standard InChI is InChI=1S/C21H16BrClO2/c22-15-20(24)25-21(16-9-3-1-4-10-16,17-11-5-2-6-12-17)18-13-7-8-14-19(18)23/h1-14H,15H2. The molecule has 0 aliphatic carbocycles. The maximum absolute atomic E-state index is 12.3. The third kappa shape index (κ3) is 3.48. The van der Waals surface area contributed by atoms with E-state index in [1.807, 2.05) is 78.9 Å². The first-order chi connectivity index (χ1) is 12.2. The Balaban J connectivity index is 2.35. The van der Waals surface area contributed by atoms with Crippen LogP contribution in [-0.4, -0.2) is 11.3 Å². The summed E-state index contributed by atoms with van der Waals surface area (Å²) in [5.74, 6) is -0.368. The SMILES string of the molecule is O=C(CBr)OC(c1ccccc1)(c1ccccc1)c1ccccc1Cl. The maximum Gasteiger partial charge on any atom is 0.318 e. The molecule has 0 amide bonds. The highest BCUT2D eigenvalue weighted by atomic mass is 79.9. The van der Waals surface area contributed by atoms with Crippen LogP contribution in [0.2, 0.25) is 5.02 Å². The predicted octanol–water partition coefficient (Wildman–Crippen LogP) is 5.57. The number of esters is 1. The van der Waals surface area contributed by atoms with Crippen molar-refractivity contribution in [1.82, 2.24) is 0 Å². The van der Waals surface area contributed by atoms with Crippen molar-refractivity contribution >= 4 is 33.5 Å². The van der Waals surface area contributed by atoms with E-state index in [0.717, 1.165) is 16.7 Å². The van der Waals surface area contributed by atoms with Crippen LogP contribution in [0.3, 0.4) is 0 Å². The van der Waals surface area contributed by atoms with Gasteiger partial charge in [-0.2, -0.15) is 0 Å². The van der Waals surface area contributed by atoms with E-state index in [2.05, 4.69) is 15.9 Å². The largest absolute Gasteiger partial charge is 0.444 e. The Hall–Kier alpha value is -2.10.